The van der Waals surface area contributed by atoms with Crippen LogP contribution < -0.4 is 0 Å². The normalized spacial score (nSPS) is 12.6. The molecule has 0 unspecified atom stereocenters. The quantitative estimate of drug-likeness (QED) is 0.470. The molecule has 3 heteroatoms. The summed E-state index contributed by atoms with van der Waals surface area (Å²) in [4.78, 5) is 0. The summed E-state index contributed by atoms with van der Waals surface area (Å²) >= 11 is 0. The first kappa shape index (κ1) is 10.1. The predicted octanol–water partition coefficient (Wildman–Crippen LogP) is 1.81. The van der Waals surface area contributed by atoms with Gasteiger partial charge in [0.1, 0.15) is 0 Å². The van der Waals surface area contributed by atoms with E-state index in [2.05, 4.69) is 10.6 Å². The molecule has 1 heterocycles. The topological polar surface area (TPSA) is 28.2 Å². The van der Waals surface area contributed by atoms with Gasteiger partial charge in [-0.1, -0.05) is 7.43 Å². The third-order valence-electron chi connectivity index (χ3n) is 0.441. The molecule has 0 saturated heterocycles. The number of hydrogen-bond donors (Lipinski definition) is 0. The molecule has 0 saturated carbocycles. The molecular weight excluding hydrogens is 141 g/mol. The van der Waals surface area contributed by atoms with Crippen molar-refractivity contribution in [3.05, 3.63) is 23.0 Å². The van der Waals surface area contributed by atoms with Crippen molar-refractivity contribution in [1.82, 2.24) is 0 Å². The van der Waals surface area contributed by atoms with E-state index < -0.39 is 0 Å². The molecule has 0 spiro atoms. The average molecular weight is 150 g/mol. The maximum atomic E-state index is 3.74. The Balaban J connectivity index is 0. The zero-order chi connectivity index (χ0) is 3.54. The van der Waals surface area contributed by atoms with Crippen molar-refractivity contribution >= 4 is 0 Å². The number of hydrogen-bond acceptors (Lipinski definition) is 0. The molecule has 0 aromatic rings. The molecule has 2 nitrogen and oxygen atoms in total. The third-order valence-corrected chi connectivity index (χ3v) is 0.441. The fourth-order valence-electron chi connectivity index (χ4n) is 0.236. The molecule has 0 amide bonds. The van der Waals surface area contributed by atoms with Gasteiger partial charge in [-0.15, -0.1) is 0 Å². The molecule has 0 radical (unpaired) electrons. The molecule has 36 valence electrons. The van der Waals surface area contributed by atoms with Gasteiger partial charge in [-0.2, -0.15) is 0 Å². The summed E-state index contributed by atoms with van der Waals surface area (Å²) in [5, 5.41) is 7.47. The van der Waals surface area contributed by atoms with Crippen LogP contribution in [0.4, 0.5) is 0 Å². The molecular formula is C4H8N2Zn. The predicted molar refractivity (Wildman–Crippen MR) is 27.5 cm³/mol. The fourth-order valence-corrected chi connectivity index (χ4v) is 0.236. The van der Waals surface area contributed by atoms with Crippen LogP contribution in [0.3, 0.4) is 0 Å². The van der Waals surface area contributed by atoms with Crippen LogP contribution in [0.5, 0.6) is 0 Å². The number of nitrogens with zero attached hydrogens (tertiary/aromatic N) is 2. The molecule has 0 N–H and O–H groups in total. The molecule has 0 aromatic carbocycles. The van der Waals surface area contributed by atoms with Gasteiger partial charge in [-0.25, -0.2) is 19.1 Å². The van der Waals surface area contributed by atoms with Gasteiger partial charge in [0.25, 0.3) is 0 Å². The van der Waals surface area contributed by atoms with E-state index in [1.807, 2.05) is 0 Å². The first-order valence-electron chi connectivity index (χ1n) is 1.48. The molecule has 1 aliphatic rings. The van der Waals surface area contributed by atoms with Crippen molar-refractivity contribution in [2.45, 2.75) is 7.43 Å². The van der Waals surface area contributed by atoms with E-state index >= 15 is 0 Å². The molecule has 0 aromatic heterocycles. The maximum Gasteiger partial charge on any atom is 2.00 e. The van der Waals surface area contributed by atoms with Crippen molar-refractivity contribution in [3.63, 3.8) is 0 Å². The van der Waals surface area contributed by atoms with Crippen LogP contribution >= 0.6 is 0 Å². The minimum atomic E-state index is 0. The van der Waals surface area contributed by atoms with E-state index in [4.69, 9.17) is 0 Å². The second-order valence-electron chi connectivity index (χ2n) is 0.805. The van der Waals surface area contributed by atoms with Crippen molar-refractivity contribution in [2.24, 2.45) is 0 Å². The Morgan fingerprint density at radius 2 is 1.57 bits per heavy atom. The van der Waals surface area contributed by atoms with Gasteiger partial charge in [0.05, 0.1) is 0 Å². The number of rotatable bonds is 0. The first-order valence-corrected chi connectivity index (χ1v) is 1.48. The largest absolute Gasteiger partial charge is 2.00 e. The van der Waals surface area contributed by atoms with Gasteiger partial charge < -0.3 is 10.6 Å². The van der Waals surface area contributed by atoms with Gasteiger partial charge in [-0.05, 0) is 0 Å². The summed E-state index contributed by atoms with van der Waals surface area (Å²) in [6, 6.07) is 0. The van der Waals surface area contributed by atoms with Gasteiger partial charge in [0.2, 0.25) is 0 Å². The van der Waals surface area contributed by atoms with E-state index in [-0.39, 0.29) is 26.9 Å². The average Bonchev–Trinajstić information content (AvgIpc) is 1.76. The van der Waals surface area contributed by atoms with Crippen LogP contribution in [0.25, 0.3) is 10.6 Å². The van der Waals surface area contributed by atoms with Crippen LogP contribution in [0.1, 0.15) is 7.43 Å². The smallest absolute Gasteiger partial charge is 0.707 e. The van der Waals surface area contributed by atoms with Gasteiger partial charge in [0, 0.05) is 0 Å². The van der Waals surface area contributed by atoms with Gasteiger partial charge >= 0.3 is 19.5 Å². The second kappa shape index (κ2) is 5.96. The minimum Gasteiger partial charge on any atom is -0.707 e. The standard InChI is InChI=1S/C3H4N2.CH4.Zn/c1-2-5-3-4-1;;/h1-2H,3H2;1H4;/q-2;;+2. The first-order chi connectivity index (χ1) is 2.50. The van der Waals surface area contributed by atoms with Crippen molar-refractivity contribution in [3.8, 4) is 0 Å². The van der Waals surface area contributed by atoms with Gasteiger partial charge in [0.15, 0.2) is 0 Å². The Morgan fingerprint density at radius 1 is 1.14 bits per heavy atom. The monoisotopic (exact) mass is 148 g/mol. The maximum absolute atomic E-state index is 3.74. The van der Waals surface area contributed by atoms with Gasteiger partial charge in [-0.3, -0.25) is 0 Å². The Hall–Kier alpha value is -0.0366. The zero-order valence-electron chi connectivity index (χ0n) is 3.46. The molecule has 0 aliphatic carbocycles. The SMILES string of the molecule is C.C1=C[N-]C[N-]1.[Zn+2]. The van der Waals surface area contributed by atoms with E-state index in [1.165, 1.54) is 0 Å². The van der Waals surface area contributed by atoms with E-state index in [0.29, 0.717) is 6.67 Å². The van der Waals surface area contributed by atoms with Crippen LogP contribution in [0.15, 0.2) is 12.4 Å². The molecule has 1 aliphatic heterocycles. The van der Waals surface area contributed by atoms with Crippen LogP contribution in [0.2, 0.25) is 0 Å². The minimum absolute atomic E-state index is 0. The Morgan fingerprint density at radius 3 is 1.71 bits per heavy atom. The van der Waals surface area contributed by atoms with Crippen molar-refractivity contribution in [1.29, 1.82) is 0 Å². The van der Waals surface area contributed by atoms with Crippen LogP contribution in [-0.2, 0) is 19.5 Å². The van der Waals surface area contributed by atoms with Crippen molar-refractivity contribution < 1.29 is 19.5 Å². The zero-order valence-corrected chi connectivity index (χ0v) is 6.43. The van der Waals surface area contributed by atoms with E-state index in [9.17, 15) is 0 Å². The van der Waals surface area contributed by atoms with E-state index in [1.54, 1.807) is 12.4 Å². The molecule has 0 fully saturated rings. The summed E-state index contributed by atoms with van der Waals surface area (Å²) in [6.45, 7) is 0.639. The molecule has 0 bridgehead atoms. The van der Waals surface area contributed by atoms with Crippen molar-refractivity contribution in [2.75, 3.05) is 6.67 Å². The Kier molecular flexibility index (Phi) is 8.56. The fraction of sp³-hybridized carbons (Fsp3) is 0.500. The molecule has 7 heavy (non-hydrogen) atoms. The molecule has 1 rings (SSSR count). The summed E-state index contributed by atoms with van der Waals surface area (Å²) < 4.78 is 0. The Bertz CT molecular complexity index is 47.7. The third kappa shape index (κ3) is 3.80. The van der Waals surface area contributed by atoms with E-state index in [0.717, 1.165) is 0 Å². The Labute approximate surface area is 57.1 Å². The summed E-state index contributed by atoms with van der Waals surface area (Å²) in [7, 11) is 0. The summed E-state index contributed by atoms with van der Waals surface area (Å²) in [6.07, 6.45) is 3.39. The van der Waals surface area contributed by atoms with Crippen LogP contribution in [-0.4, -0.2) is 6.67 Å². The second-order valence-corrected chi connectivity index (χ2v) is 0.805. The van der Waals surface area contributed by atoms with Crippen LogP contribution in [0, 0.1) is 0 Å². The molecule has 0 atom stereocenters. The summed E-state index contributed by atoms with van der Waals surface area (Å²) in [5.41, 5.74) is 0. The summed E-state index contributed by atoms with van der Waals surface area (Å²) in [5.74, 6) is 0.